The van der Waals surface area contributed by atoms with Gasteiger partial charge in [-0.25, -0.2) is 0 Å². The van der Waals surface area contributed by atoms with E-state index in [-0.39, 0.29) is 17.1 Å². The Labute approximate surface area is 113 Å². The molecule has 1 nitrogen and oxygen atoms in total. The molecule has 0 heterocycles. The van der Waals surface area contributed by atoms with E-state index in [0.717, 1.165) is 12.0 Å². The van der Waals surface area contributed by atoms with Crippen LogP contribution in [0.5, 0.6) is 0 Å². The number of hydrogen-bond acceptors (Lipinski definition) is 1. The Kier molecular flexibility index (Phi) is 9.79. The van der Waals surface area contributed by atoms with Crippen LogP contribution in [0.15, 0.2) is 0 Å². The van der Waals surface area contributed by atoms with E-state index < -0.39 is 0 Å². The minimum absolute atomic E-state index is 0. The van der Waals surface area contributed by atoms with E-state index in [9.17, 15) is 0 Å². The summed E-state index contributed by atoms with van der Waals surface area (Å²) in [6.45, 7) is 2.34. The standard InChI is InChI=1S/C9H19N.C5H10.Fe/c1-8(10(2)3)9-6-4-5-7-9;1-2-4-5-3-1;/h8-9H,4-7H2,1-3H3;1-5H2;/t8-;;/m1../s1. The maximum absolute atomic E-state index is 2.34. The molecule has 0 aromatic rings. The third-order valence-corrected chi connectivity index (χ3v) is 4.15. The van der Waals surface area contributed by atoms with Crippen molar-refractivity contribution in [2.45, 2.75) is 70.8 Å². The molecule has 2 aliphatic rings. The minimum atomic E-state index is 0. The molecular formula is C14H29FeN. The minimum Gasteiger partial charge on any atom is -0.306 e. The van der Waals surface area contributed by atoms with Gasteiger partial charge in [-0.1, -0.05) is 44.9 Å². The molecule has 0 spiro atoms. The third kappa shape index (κ3) is 6.27. The Morgan fingerprint density at radius 2 is 1.19 bits per heavy atom. The predicted molar refractivity (Wildman–Crippen MR) is 68.2 cm³/mol. The van der Waals surface area contributed by atoms with Crippen molar-refractivity contribution < 1.29 is 17.1 Å². The topological polar surface area (TPSA) is 3.24 Å². The molecule has 0 radical (unpaired) electrons. The Morgan fingerprint density at radius 3 is 1.50 bits per heavy atom. The SMILES string of the molecule is C1CCCC1.C[C@H](C1CCCC1)N(C)C.[Fe]. The van der Waals surface area contributed by atoms with Crippen molar-refractivity contribution in [1.29, 1.82) is 0 Å². The van der Waals surface area contributed by atoms with Gasteiger partial charge >= 0.3 is 0 Å². The molecule has 0 N–H and O–H groups in total. The molecule has 98 valence electrons. The molecule has 2 fully saturated rings. The van der Waals surface area contributed by atoms with Crippen LogP contribution >= 0.6 is 0 Å². The zero-order valence-electron chi connectivity index (χ0n) is 11.3. The van der Waals surface area contributed by atoms with Crippen LogP contribution in [0.1, 0.15) is 64.7 Å². The van der Waals surface area contributed by atoms with E-state index in [0.29, 0.717) is 0 Å². The van der Waals surface area contributed by atoms with Gasteiger partial charge in [0.2, 0.25) is 0 Å². The molecule has 0 bridgehead atoms. The second-order valence-electron chi connectivity index (χ2n) is 5.52. The van der Waals surface area contributed by atoms with Crippen LogP contribution in [0, 0.1) is 5.92 Å². The van der Waals surface area contributed by atoms with Gasteiger partial charge in [-0.2, -0.15) is 0 Å². The maximum Gasteiger partial charge on any atom is 0.00891 e. The Morgan fingerprint density at radius 1 is 0.812 bits per heavy atom. The van der Waals surface area contributed by atoms with Crippen LogP contribution in [-0.2, 0) is 17.1 Å². The van der Waals surface area contributed by atoms with Gasteiger partial charge in [0.15, 0.2) is 0 Å². The van der Waals surface area contributed by atoms with Crippen molar-refractivity contribution in [2.24, 2.45) is 5.92 Å². The van der Waals surface area contributed by atoms with Crippen molar-refractivity contribution in [3.8, 4) is 0 Å². The average Bonchev–Trinajstić information content (AvgIpc) is 2.92. The Hall–Kier alpha value is 0.479. The van der Waals surface area contributed by atoms with Gasteiger partial charge < -0.3 is 4.90 Å². The maximum atomic E-state index is 2.34. The fraction of sp³-hybridized carbons (Fsp3) is 1.00. The summed E-state index contributed by atoms with van der Waals surface area (Å²) in [5.41, 5.74) is 0. The zero-order valence-corrected chi connectivity index (χ0v) is 12.4. The smallest absolute Gasteiger partial charge is 0.00891 e. The monoisotopic (exact) mass is 267 g/mol. The first-order valence-corrected chi connectivity index (χ1v) is 6.88. The van der Waals surface area contributed by atoms with Gasteiger partial charge in [-0.3, -0.25) is 0 Å². The zero-order chi connectivity index (χ0) is 11.1. The fourth-order valence-electron chi connectivity index (χ4n) is 2.75. The van der Waals surface area contributed by atoms with Crippen LogP contribution < -0.4 is 0 Å². The number of hydrogen-bond donors (Lipinski definition) is 0. The van der Waals surface area contributed by atoms with Gasteiger partial charge in [-0.05, 0) is 39.8 Å². The van der Waals surface area contributed by atoms with Gasteiger partial charge in [0.05, 0.1) is 0 Å². The van der Waals surface area contributed by atoms with E-state index in [1.807, 2.05) is 0 Å². The molecule has 2 rings (SSSR count). The predicted octanol–water partition coefficient (Wildman–Crippen LogP) is 4.07. The molecule has 0 aromatic heterocycles. The molecule has 1 atom stereocenters. The first-order valence-electron chi connectivity index (χ1n) is 6.88. The molecule has 0 aromatic carbocycles. The van der Waals surface area contributed by atoms with Crippen LogP contribution in [0.3, 0.4) is 0 Å². The normalized spacial score (nSPS) is 22.5. The molecule has 0 saturated heterocycles. The molecule has 0 aliphatic heterocycles. The molecular weight excluding hydrogens is 238 g/mol. The van der Waals surface area contributed by atoms with Crippen molar-refractivity contribution >= 4 is 0 Å². The Bertz CT molecular complexity index is 141. The molecule has 0 amide bonds. The molecule has 0 unspecified atom stereocenters. The van der Waals surface area contributed by atoms with Crippen molar-refractivity contribution in [3.05, 3.63) is 0 Å². The third-order valence-electron chi connectivity index (χ3n) is 4.15. The van der Waals surface area contributed by atoms with Gasteiger partial charge in [0.25, 0.3) is 0 Å². The largest absolute Gasteiger partial charge is 0.306 e. The van der Waals surface area contributed by atoms with E-state index in [1.54, 1.807) is 0 Å². The van der Waals surface area contributed by atoms with E-state index >= 15 is 0 Å². The van der Waals surface area contributed by atoms with Crippen LogP contribution in [0.2, 0.25) is 0 Å². The van der Waals surface area contributed by atoms with Crippen molar-refractivity contribution in [1.82, 2.24) is 4.90 Å². The summed E-state index contributed by atoms with van der Waals surface area (Å²) >= 11 is 0. The summed E-state index contributed by atoms with van der Waals surface area (Å²) in [6, 6.07) is 0.794. The number of nitrogens with zero attached hydrogens (tertiary/aromatic N) is 1. The van der Waals surface area contributed by atoms with Crippen molar-refractivity contribution in [2.75, 3.05) is 14.1 Å². The van der Waals surface area contributed by atoms with E-state index in [4.69, 9.17) is 0 Å². The average molecular weight is 267 g/mol. The van der Waals surface area contributed by atoms with Crippen LogP contribution in [0.25, 0.3) is 0 Å². The van der Waals surface area contributed by atoms with Gasteiger partial charge in [-0.15, -0.1) is 0 Å². The summed E-state index contributed by atoms with van der Waals surface area (Å²) < 4.78 is 0. The van der Waals surface area contributed by atoms with Crippen LogP contribution in [0.4, 0.5) is 0 Å². The molecule has 2 aliphatic carbocycles. The second-order valence-corrected chi connectivity index (χ2v) is 5.52. The van der Waals surface area contributed by atoms with Gasteiger partial charge in [0, 0.05) is 23.1 Å². The Balaban J connectivity index is 0.000000318. The quantitative estimate of drug-likeness (QED) is 0.681. The summed E-state index contributed by atoms with van der Waals surface area (Å²) in [5.74, 6) is 0.981. The van der Waals surface area contributed by atoms with Crippen LogP contribution in [-0.4, -0.2) is 25.0 Å². The first-order chi connectivity index (χ1) is 7.22. The van der Waals surface area contributed by atoms with Gasteiger partial charge in [0.1, 0.15) is 0 Å². The fourth-order valence-corrected chi connectivity index (χ4v) is 2.75. The van der Waals surface area contributed by atoms with E-state index in [2.05, 4.69) is 25.9 Å². The van der Waals surface area contributed by atoms with E-state index in [1.165, 1.54) is 57.8 Å². The van der Waals surface area contributed by atoms with Crippen molar-refractivity contribution in [3.63, 3.8) is 0 Å². The molecule has 2 heteroatoms. The molecule has 16 heavy (non-hydrogen) atoms. The summed E-state index contributed by atoms with van der Waals surface area (Å²) in [4.78, 5) is 2.34. The summed E-state index contributed by atoms with van der Waals surface area (Å²) in [6.07, 6.45) is 13.3. The first kappa shape index (κ1) is 16.5. The summed E-state index contributed by atoms with van der Waals surface area (Å²) in [7, 11) is 4.37. The molecule has 2 saturated carbocycles. The second kappa shape index (κ2) is 9.50. The number of rotatable bonds is 2. The summed E-state index contributed by atoms with van der Waals surface area (Å²) in [5, 5.41) is 0.